The summed E-state index contributed by atoms with van der Waals surface area (Å²) in [4.78, 5) is 11.8. The minimum atomic E-state index is -0.486. The van der Waals surface area contributed by atoms with E-state index >= 15 is 0 Å². The average Bonchev–Trinajstić information content (AvgIpc) is 2.28. The molecule has 114 valence electrons. The second-order valence-electron chi connectivity index (χ2n) is 5.76. The Morgan fingerprint density at radius 1 is 1.05 bits per heavy atom. The van der Waals surface area contributed by atoms with Crippen molar-refractivity contribution in [3.05, 3.63) is 34.3 Å². The summed E-state index contributed by atoms with van der Waals surface area (Å²) in [5, 5.41) is 2.87. The fourth-order valence-corrected chi connectivity index (χ4v) is 1.76. The Morgan fingerprint density at radius 3 is 1.90 bits per heavy atom. The lowest BCUT2D eigenvalue weighted by molar-refractivity contribution is 0.0470. The number of alkyl carbamates (subject to hydrolysis) is 1. The molecule has 0 heterocycles. The van der Waals surface area contributed by atoms with Gasteiger partial charge in [0.2, 0.25) is 0 Å². The van der Waals surface area contributed by atoms with E-state index in [4.69, 9.17) is 4.74 Å². The highest BCUT2D eigenvalue weighted by atomic mass is 79.9. The summed E-state index contributed by atoms with van der Waals surface area (Å²) < 4.78 is 6.27. The molecule has 1 amide bonds. The summed E-state index contributed by atoms with van der Waals surface area (Å²) in [7, 11) is 0. The molecule has 1 aromatic carbocycles. The molecule has 0 bridgehead atoms. The zero-order valence-electron chi connectivity index (χ0n) is 13.5. The van der Waals surface area contributed by atoms with Crippen LogP contribution in [0.25, 0.3) is 0 Å². The Bertz CT molecular complexity index is 419. The van der Waals surface area contributed by atoms with E-state index in [1.165, 1.54) is 0 Å². The Kier molecular flexibility index (Phi) is 7.28. The third-order valence-electron chi connectivity index (χ3n) is 2.38. The molecule has 1 N–H and O–H groups in total. The largest absolute Gasteiger partial charge is 0.444 e. The second kappa shape index (κ2) is 7.67. The summed E-state index contributed by atoms with van der Waals surface area (Å²) >= 11 is 3.39. The van der Waals surface area contributed by atoms with Crippen molar-refractivity contribution in [1.29, 1.82) is 0 Å². The van der Waals surface area contributed by atoms with Crippen molar-refractivity contribution in [2.45, 2.75) is 59.6 Å². The minimum absolute atomic E-state index is 0.407. The number of halogens is 1. The first-order valence-corrected chi connectivity index (χ1v) is 7.67. The van der Waals surface area contributed by atoms with E-state index in [0.717, 1.165) is 10.0 Å². The van der Waals surface area contributed by atoms with Gasteiger partial charge in [-0.15, -0.1) is 0 Å². The Hall–Kier alpha value is -1.03. The number of ether oxygens (including phenoxy) is 1. The van der Waals surface area contributed by atoms with Crippen molar-refractivity contribution in [2.75, 3.05) is 0 Å². The first-order valence-electron chi connectivity index (χ1n) is 6.87. The summed E-state index contributed by atoms with van der Waals surface area (Å²) in [6, 6.07) is 7.85. The minimum Gasteiger partial charge on any atom is -0.444 e. The molecule has 0 unspecified atom stereocenters. The molecule has 1 rings (SSSR count). The van der Waals surface area contributed by atoms with E-state index in [2.05, 4.69) is 21.2 Å². The lowest BCUT2D eigenvalue weighted by atomic mass is 9.95. The zero-order chi connectivity index (χ0) is 16.0. The lowest BCUT2D eigenvalue weighted by Crippen LogP contribution is -2.43. The van der Waals surface area contributed by atoms with Gasteiger partial charge in [-0.1, -0.05) is 41.9 Å². The number of carbonyl (C=O) groups excluding carboxylic acids is 1. The number of carbonyl (C=O) groups is 1. The van der Waals surface area contributed by atoms with Gasteiger partial charge in [0.25, 0.3) is 0 Å². The number of hydrogen-bond donors (Lipinski definition) is 1. The van der Waals surface area contributed by atoms with E-state index < -0.39 is 17.2 Å². The van der Waals surface area contributed by atoms with Crippen LogP contribution >= 0.6 is 15.9 Å². The van der Waals surface area contributed by atoms with Crippen LogP contribution in [0, 0.1) is 0 Å². The van der Waals surface area contributed by atoms with Crippen molar-refractivity contribution in [3.63, 3.8) is 0 Å². The van der Waals surface area contributed by atoms with Crippen LogP contribution in [0.3, 0.4) is 0 Å². The third kappa shape index (κ3) is 6.94. The summed E-state index contributed by atoms with van der Waals surface area (Å²) in [5.74, 6) is 0. The molecule has 0 aliphatic rings. The fraction of sp³-hybridized carbons (Fsp3) is 0.562. The zero-order valence-corrected chi connectivity index (χ0v) is 15.1. The lowest BCUT2D eigenvalue weighted by Gasteiger charge is -2.29. The predicted octanol–water partition coefficient (Wildman–Crippen LogP) is 5.24. The molecule has 3 nitrogen and oxygen atoms in total. The van der Waals surface area contributed by atoms with Crippen molar-refractivity contribution >= 4 is 22.0 Å². The molecular formula is C16H26BrNO2. The van der Waals surface area contributed by atoms with Gasteiger partial charge in [-0.05, 0) is 52.3 Å². The van der Waals surface area contributed by atoms with Crippen LogP contribution in [0.2, 0.25) is 0 Å². The molecule has 4 heteroatoms. The van der Waals surface area contributed by atoms with Crippen molar-refractivity contribution < 1.29 is 9.53 Å². The van der Waals surface area contributed by atoms with Gasteiger partial charge in [0.1, 0.15) is 5.60 Å². The van der Waals surface area contributed by atoms with Crippen molar-refractivity contribution in [3.8, 4) is 0 Å². The van der Waals surface area contributed by atoms with Gasteiger partial charge in [-0.3, -0.25) is 0 Å². The number of hydrogen-bond acceptors (Lipinski definition) is 2. The van der Waals surface area contributed by atoms with E-state index in [9.17, 15) is 4.79 Å². The van der Waals surface area contributed by atoms with E-state index in [-0.39, 0.29) is 0 Å². The maximum Gasteiger partial charge on any atom is 0.408 e. The van der Waals surface area contributed by atoms with E-state index in [1.807, 2.05) is 72.7 Å². The predicted molar refractivity (Wildman–Crippen MR) is 87.9 cm³/mol. The van der Waals surface area contributed by atoms with Crippen LogP contribution in [-0.2, 0) is 10.3 Å². The van der Waals surface area contributed by atoms with Crippen molar-refractivity contribution in [1.82, 2.24) is 5.32 Å². The topological polar surface area (TPSA) is 38.3 Å². The quantitative estimate of drug-likeness (QED) is 0.797. The van der Waals surface area contributed by atoms with Crippen LogP contribution in [0.15, 0.2) is 28.7 Å². The van der Waals surface area contributed by atoms with Gasteiger partial charge in [0.15, 0.2) is 0 Å². The average molecular weight is 344 g/mol. The summed E-state index contributed by atoms with van der Waals surface area (Å²) in [6.45, 7) is 13.4. The molecule has 0 spiro atoms. The van der Waals surface area contributed by atoms with Gasteiger partial charge in [-0.2, -0.15) is 0 Å². The molecule has 20 heavy (non-hydrogen) atoms. The van der Waals surface area contributed by atoms with Crippen LogP contribution in [0.1, 0.15) is 54.0 Å². The fourth-order valence-electron chi connectivity index (χ4n) is 1.50. The van der Waals surface area contributed by atoms with Gasteiger partial charge < -0.3 is 10.1 Å². The third-order valence-corrected chi connectivity index (χ3v) is 2.91. The SMILES string of the molecule is CC.CC(C)(C)OC(=O)NC(C)(C)c1ccc(Br)cc1. The number of amides is 1. The van der Waals surface area contributed by atoms with E-state index in [0.29, 0.717) is 0 Å². The smallest absolute Gasteiger partial charge is 0.408 e. The Labute approximate surface area is 131 Å². The normalized spacial score (nSPS) is 11.2. The highest BCUT2D eigenvalue weighted by Crippen LogP contribution is 2.22. The molecule has 0 atom stereocenters. The summed E-state index contributed by atoms with van der Waals surface area (Å²) in [6.07, 6.45) is -0.407. The highest BCUT2D eigenvalue weighted by Gasteiger charge is 2.25. The molecule has 1 aromatic rings. The van der Waals surface area contributed by atoms with Crippen LogP contribution in [0.4, 0.5) is 4.79 Å². The maximum atomic E-state index is 11.8. The standard InChI is InChI=1S/C14H20BrNO2.C2H6/c1-13(2,3)18-12(17)16-14(4,5)10-6-8-11(15)9-7-10;1-2/h6-9H,1-5H3,(H,16,17);1-2H3. The molecule has 0 saturated heterocycles. The summed E-state index contributed by atoms with van der Waals surface area (Å²) in [5.41, 5.74) is 0.0691. The number of nitrogens with one attached hydrogen (secondary N) is 1. The molecule has 0 aromatic heterocycles. The molecular weight excluding hydrogens is 318 g/mol. The Balaban J connectivity index is 0.00000172. The second-order valence-corrected chi connectivity index (χ2v) is 6.67. The van der Waals surface area contributed by atoms with Crippen LogP contribution < -0.4 is 5.32 Å². The number of benzene rings is 1. The van der Waals surface area contributed by atoms with Gasteiger partial charge in [-0.25, -0.2) is 4.79 Å². The molecule has 0 radical (unpaired) electrons. The molecule has 0 aliphatic heterocycles. The Morgan fingerprint density at radius 2 is 1.50 bits per heavy atom. The van der Waals surface area contributed by atoms with Gasteiger partial charge in [0.05, 0.1) is 5.54 Å². The van der Waals surface area contributed by atoms with E-state index in [1.54, 1.807) is 0 Å². The first kappa shape index (κ1) is 19.0. The monoisotopic (exact) mass is 343 g/mol. The number of rotatable bonds is 2. The molecule has 0 fully saturated rings. The van der Waals surface area contributed by atoms with Gasteiger partial charge >= 0.3 is 6.09 Å². The van der Waals surface area contributed by atoms with Crippen LogP contribution in [-0.4, -0.2) is 11.7 Å². The van der Waals surface area contributed by atoms with Gasteiger partial charge in [0, 0.05) is 4.47 Å². The van der Waals surface area contributed by atoms with Crippen molar-refractivity contribution in [2.24, 2.45) is 0 Å². The molecule has 0 aliphatic carbocycles. The molecule has 0 saturated carbocycles. The maximum absolute atomic E-state index is 11.8. The first-order chi connectivity index (χ1) is 9.10. The van der Waals surface area contributed by atoms with Crippen LogP contribution in [0.5, 0.6) is 0 Å². The highest BCUT2D eigenvalue weighted by molar-refractivity contribution is 9.10.